The molecule has 1 rings (SSSR count). The summed E-state index contributed by atoms with van der Waals surface area (Å²) >= 11 is 3.16. The molecule has 6 heteroatoms. The highest BCUT2D eigenvalue weighted by Gasteiger charge is 2.27. The quantitative estimate of drug-likeness (QED) is 0.888. The summed E-state index contributed by atoms with van der Waals surface area (Å²) in [5.41, 5.74) is 0. The molecule has 1 heterocycles. The number of furan rings is 1. The highest BCUT2D eigenvalue weighted by Crippen LogP contribution is 2.27. The third-order valence-electron chi connectivity index (χ3n) is 2.24. The molecule has 0 radical (unpaired) electrons. The number of hydrogen-bond acceptors (Lipinski definition) is 2. The molecule has 0 aliphatic carbocycles. The van der Waals surface area contributed by atoms with Gasteiger partial charge in [-0.25, -0.2) is 0 Å². The topological polar surface area (TPSA) is 25.2 Å². The highest BCUT2D eigenvalue weighted by molar-refractivity contribution is 9.10. The van der Waals surface area contributed by atoms with E-state index in [1.807, 2.05) is 0 Å². The molecule has 1 atom stereocenters. The minimum absolute atomic E-state index is 0.0906. The van der Waals surface area contributed by atoms with Crippen LogP contribution in [0.2, 0.25) is 0 Å². The lowest BCUT2D eigenvalue weighted by Crippen LogP contribution is -2.17. The maximum absolute atomic E-state index is 12.0. The molecule has 0 aliphatic rings. The smallest absolute Gasteiger partial charge is 0.389 e. The van der Waals surface area contributed by atoms with Gasteiger partial charge in [0.2, 0.25) is 0 Å². The summed E-state index contributed by atoms with van der Waals surface area (Å²) in [7, 11) is 1.70. The lowest BCUT2D eigenvalue weighted by atomic mass is 10.1. The first-order valence-corrected chi connectivity index (χ1v) is 5.71. The Hall–Kier alpha value is -0.490. The van der Waals surface area contributed by atoms with Crippen LogP contribution in [0.15, 0.2) is 21.2 Å². The van der Waals surface area contributed by atoms with Gasteiger partial charge in [0.1, 0.15) is 5.76 Å². The van der Waals surface area contributed by atoms with Crippen molar-refractivity contribution in [3.63, 3.8) is 0 Å². The van der Waals surface area contributed by atoms with E-state index in [4.69, 9.17) is 4.42 Å². The van der Waals surface area contributed by atoms with Gasteiger partial charge in [-0.2, -0.15) is 13.2 Å². The van der Waals surface area contributed by atoms with E-state index in [2.05, 4.69) is 21.2 Å². The molecular weight excluding hydrogens is 287 g/mol. The fourth-order valence-electron chi connectivity index (χ4n) is 1.45. The summed E-state index contributed by atoms with van der Waals surface area (Å²) in [5.74, 6) is 0.650. The second-order valence-electron chi connectivity index (χ2n) is 3.49. The second-order valence-corrected chi connectivity index (χ2v) is 4.27. The van der Waals surface area contributed by atoms with Crippen molar-refractivity contribution in [2.24, 2.45) is 0 Å². The molecule has 0 bridgehead atoms. The van der Waals surface area contributed by atoms with Crippen LogP contribution in [0.5, 0.6) is 0 Å². The van der Waals surface area contributed by atoms with Gasteiger partial charge < -0.3 is 9.73 Å². The van der Waals surface area contributed by atoms with E-state index >= 15 is 0 Å². The third kappa shape index (κ3) is 4.57. The maximum atomic E-state index is 12.0. The van der Waals surface area contributed by atoms with Crippen LogP contribution in [-0.2, 0) is 0 Å². The van der Waals surface area contributed by atoms with E-state index in [0.29, 0.717) is 16.9 Å². The normalized spacial score (nSPS) is 14.1. The summed E-state index contributed by atoms with van der Waals surface area (Å²) in [4.78, 5) is 0. The Morgan fingerprint density at radius 1 is 1.44 bits per heavy atom. The van der Waals surface area contributed by atoms with Gasteiger partial charge in [0.15, 0.2) is 4.67 Å². The van der Waals surface area contributed by atoms with Gasteiger partial charge in [-0.1, -0.05) is 0 Å². The van der Waals surface area contributed by atoms with Crippen LogP contribution in [0.25, 0.3) is 0 Å². The number of nitrogens with one attached hydrogen (secondary N) is 1. The van der Waals surface area contributed by atoms with Crippen molar-refractivity contribution < 1.29 is 17.6 Å². The molecule has 0 spiro atoms. The Kier molecular flexibility index (Phi) is 4.86. The minimum Gasteiger partial charge on any atom is -0.453 e. The second kappa shape index (κ2) is 5.72. The van der Waals surface area contributed by atoms with Gasteiger partial charge in [0.05, 0.1) is 6.04 Å². The zero-order valence-electron chi connectivity index (χ0n) is 8.77. The molecule has 1 unspecified atom stereocenters. The lowest BCUT2D eigenvalue weighted by molar-refractivity contribution is -0.135. The van der Waals surface area contributed by atoms with E-state index in [1.54, 1.807) is 19.2 Å². The highest BCUT2D eigenvalue weighted by atomic mass is 79.9. The average molecular weight is 300 g/mol. The summed E-state index contributed by atoms with van der Waals surface area (Å²) in [6.45, 7) is 0. The van der Waals surface area contributed by atoms with Crippen molar-refractivity contribution in [3.05, 3.63) is 22.6 Å². The van der Waals surface area contributed by atoms with Crippen LogP contribution >= 0.6 is 15.9 Å². The number of alkyl halides is 3. The van der Waals surface area contributed by atoms with Gasteiger partial charge in [-0.3, -0.25) is 0 Å². The fraction of sp³-hybridized carbons (Fsp3) is 0.600. The SMILES string of the molecule is CNC(CCCC(F)(F)F)c1ccc(Br)o1. The molecule has 1 N–H and O–H groups in total. The van der Waals surface area contributed by atoms with Crippen LogP contribution < -0.4 is 5.32 Å². The van der Waals surface area contributed by atoms with E-state index in [9.17, 15) is 13.2 Å². The summed E-state index contributed by atoms with van der Waals surface area (Å²) in [6, 6.07) is 3.30. The van der Waals surface area contributed by atoms with Gasteiger partial charge in [0.25, 0.3) is 0 Å². The molecule has 0 saturated heterocycles. The molecule has 2 nitrogen and oxygen atoms in total. The molecule has 0 amide bonds. The van der Waals surface area contributed by atoms with Crippen LogP contribution in [0.1, 0.15) is 31.1 Å². The van der Waals surface area contributed by atoms with Crippen molar-refractivity contribution in [1.82, 2.24) is 5.32 Å². The molecule has 0 saturated carbocycles. The van der Waals surface area contributed by atoms with Crippen LogP contribution in [0.4, 0.5) is 13.2 Å². The third-order valence-corrected chi connectivity index (χ3v) is 2.67. The number of rotatable bonds is 5. The van der Waals surface area contributed by atoms with E-state index in [0.717, 1.165) is 0 Å². The summed E-state index contributed by atoms with van der Waals surface area (Å²) < 4.78 is 41.8. The zero-order valence-corrected chi connectivity index (χ0v) is 10.4. The lowest BCUT2D eigenvalue weighted by Gasteiger charge is -2.14. The molecule has 0 aromatic carbocycles. The Morgan fingerprint density at radius 3 is 2.56 bits per heavy atom. The molecule has 0 fully saturated rings. The van der Waals surface area contributed by atoms with E-state index < -0.39 is 12.6 Å². The van der Waals surface area contributed by atoms with Crippen LogP contribution in [0, 0.1) is 0 Å². The van der Waals surface area contributed by atoms with Gasteiger partial charge in [0, 0.05) is 6.42 Å². The minimum atomic E-state index is -4.08. The standard InChI is InChI=1S/C10H13BrF3NO/c1-15-7(3-2-6-10(12,13)14)8-4-5-9(11)16-8/h4-5,7,15H,2-3,6H2,1H3. The van der Waals surface area contributed by atoms with Crippen molar-refractivity contribution in [3.8, 4) is 0 Å². The molecule has 92 valence electrons. The molecular formula is C10H13BrF3NO. The summed E-state index contributed by atoms with van der Waals surface area (Å²) in [6.07, 6.45) is -4.35. The predicted octanol–water partition coefficient (Wildman–Crippen LogP) is 4.04. The summed E-state index contributed by atoms with van der Waals surface area (Å²) in [5, 5.41) is 2.94. The first-order valence-electron chi connectivity index (χ1n) is 4.91. The monoisotopic (exact) mass is 299 g/mol. The van der Waals surface area contributed by atoms with Crippen LogP contribution in [-0.4, -0.2) is 13.2 Å². The Morgan fingerprint density at radius 2 is 2.12 bits per heavy atom. The Bertz CT molecular complexity index is 324. The van der Waals surface area contributed by atoms with Gasteiger partial charge >= 0.3 is 6.18 Å². The first-order chi connectivity index (χ1) is 7.42. The van der Waals surface area contributed by atoms with Crippen molar-refractivity contribution in [1.29, 1.82) is 0 Å². The fourth-order valence-corrected chi connectivity index (χ4v) is 1.77. The zero-order chi connectivity index (χ0) is 12.2. The average Bonchev–Trinajstić information content (AvgIpc) is 2.58. The van der Waals surface area contributed by atoms with Crippen molar-refractivity contribution in [2.45, 2.75) is 31.5 Å². The van der Waals surface area contributed by atoms with Gasteiger partial charge in [-0.05, 0) is 48.0 Å². The Labute approximate surface area is 100 Å². The van der Waals surface area contributed by atoms with Crippen molar-refractivity contribution in [2.75, 3.05) is 7.05 Å². The van der Waals surface area contributed by atoms with E-state index in [-0.39, 0.29) is 12.5 Å². The molecule has 1 aromatic rings. The largest absolute Gasteiger partial charge is 0.453 e. The van der Waals surface area contributed by atoms with Crippen LogP contribution in [0.3, 0.4) is 0 Å². The van der Waals surface area contributed by atoms with E-state index in [1.165, 1.54) is 0 Å². The molecule has 16 heavy (non-hydrogen) atoms. The Balaban J connectivity index is 2.44. The van der Waals surface area contributed by atoms with Crippen molar-refractivity contribution >= 4 is 15.9 Å². The first kappa shape index (κ1) is 13.6. The van der Waals surface area contributed by atoms with Gasteiger partial charge in [-0.15, -0.1) is 0 Å². The molecule has 0 aliphatic heterocycles. The maximum Gasteiger partial charge on any atom is 0.389 e. The number of hydrogen-bond donors (Lipinski definition) is 1. The molecule has 1 aromatic heterocycles. The predicted molar refractivity (Wildman–Crippen MR) is 58.1 cm³/mol. The number of halogens is 4.